The van der Waals surface area contributed by atoms with Crippen LogP contribution in [0.3, 0.4) is 0 Å². The fourth-order valence-electron chi connectivity index (χ4n) is 12.1. The molecule has 3 N–H and O–H groups in total. The number of rotatable bonds is 13. The van der Waals surface area contributed by atoms with Crippen LogP contribution in [0.25, 0.3) is 12.2 Å². The molecule has 28 heteroatoms. The number of imide groups is 1. The molecule has 7 heterocycles. The van der Waals surface area contributed by atoms with Gasteiger partial charge in [0.1, 0.15) is 36.0 Å². The molecule has 2 spiro atoms. The van der Waals surface area contributed by atoms with Crippen LogP contribution in [0.4, 0.5) is 9.59 Å². The summed E-state index contributed by atoms with van der Waals surface area (Å²) >= 11 is 0. The van der Waals surface area contributed by atoms with Crippen LogP contribution >= 0.6 is 0 Å². The number of nitrogens with zero attached hydrogens (tertiary/aromatic N) is 8. The molecule has 0 atom stereocenters. The van der Waals surface area contributed by atoms with Crippen molar-refractivity contribution in [3.63, 3.8) is 0 Å². The number of carbonyl (C=O) groups excluding carboxylic acids is 6. The maximum atomic E-state index is 13.3. The average Bonchev–Trinajstić information content (AvgIpc) is 2.37. The molecule has 87 heavy (non-hydrogen) atoms. The summed E-state index contributed by atoms with van der Waals surface area (Å²) in [4.78, 5) is 95.4. The van der Waals surface area contributed by atoms with Crippen LogP contribution in [0.5, 0.6) is 18.0 Å². The second kappa shape index (κ2) is 27.1. The predicted molar refractivity (Wildman–Crippen MR) is 319 cm³/mol. The summed E-state index contributed by atoms with van der Waals surface area (Å²) < 4.78 is 80.1. The molecule has 1 aromatic heterocycles. The highest BCUT2D eigenvalue weighted by atomic mass is 32.2. The number of piperidine rings is 2. The van der Waals surface area contributed by atoms with Crippen molar-refractivity contribution in [2.75, 3.05) is 66.7 Å². The zero-order valence-electron chi connectivity index (χ0n) is 49.8. The summed E-state index contributed by atoms with van der Waals surface area (Å²) in [5, 5.41) is 10.8. The van der Waals surface area contributed by atoms with Gasteiger partial charge in [-0.1, -0.05) is 38.5 Å². The van der Waals surface area contributed by atoms with Crippen molar-refractivity contribution in [2.45, 2.75) is 129 Å². The molecule has 0 bridgehead atoms. The van der Waals surface area contributed by atoms with Crippen LogP contribution in [-0.4, -0.2) is 171 Å². The van der Waals surface area contributed by atoms with E-state index < -0.39 is 49.1 Å². The lowest BCUT2D eigenvalue weighted by Gasteiger charge is -2.34. The lowest BCUT2D eigenvalue weighted by molar-refractivity contribution is -0.125. The van der Waals surface area contributed by atoms with Crippen LogP contribution in [0, 0.1) is 39.5 Å². The van der Waals surface area contributed by atoms with E-state index in [-0.39, 0.29) is 86.8 Å². The number of aromatic nitrogens is 3. The van der Waals surface area contributed by atoms with Crippen molar-refractivity contribution in [3.05, 3.63) is 79.6 Å². The number of hydrogen-bond acceptors (Lipinski definition) is 20. The predicted octanol–water partition coefficient (Wildman–Crippen LogP) is 5.83. The van der Waals surface area contributed by atoms with Crippen molar-refractivity contribution < 1.29 is 69.3 Å². The van der Waals surface area contributed by atoms with Gasteiger partial charge in [0.05, 0.1) is 32.9 Å². The van der Waals surface area contributed by atoms with Gasteiger partial charge in [0.15, 0.2) is 0 Å². The Morgan fingerprint density at radius 1 is 0.586 bits per heavy atom. The molecule has 11 rings (SSSR count). The van der Waals surface area contributed by atoms with E-state index in [9.17, 15) is 45.6 Å². The minimum Gasteiger partial charge on any atom is -0.467 e. The number of aliphatic imine (C=N–C) groups is 2. The number of nitrogens with one attached hydrogen (secondary N) is 3. The first-order valence-electron chi connectivity index (χ1n) is 29.4. The van der Waals surface area contributed by atoms with Crippen molar-refractivity contribution in [1.82, 2.24) is 44.4 Å². The Morgan fingerprint density at radius 2 is 1.01 bits per heavy atom. The molecular weight excluding hydrogens is 1170 g/mol. The SMILES string of the molecule is COc1nc(OC)nc(OC(=O)c2cc(C)c(/C=C/S(=O)(=O)N3CCC4(CC3)N=C(C3CCCCC3)NC4=O)c(C)c2)n1.Cc1cc(C(=O)N2CCOC2=O)cc(C)c1/C=C/S(=O)(=O)N1CCC2(CC1)N=C(C1CCCCC1)NC2=O.O=C1NCCO1. The number of cyclic esters (lactones) is 2. The average molecular weight is 1240 g/mol. The number of benzene rings is 2. The Labute approximate surface area is 506 Å². The number of amides is 5. The minimum atomic E-state index is -3.76. The number of methoxy groups -OCH3 is 2. The Balaban J connectivity index is 0.000000190. The quantitative estimate of drug-likeness (QED) is 0.169. The van der Waals surface area contributed by atoms with Gasteiger partial charge in [-0.2, -0.15) is 8.61 Å². The van der Waals surface area contributed by atoms with E-state index in [1.807, 2.05) is 0 Å². The van der Waals surface area contributed by atoms with Crippen molar-refractivity contribution in [1.29, 1.82) is 0 Å². The highest BCUT2D eigenvalue weighted by molar-refractivity contribution is 7.92. The number of carbonyl (C=O) groups is 6. The Hall–Kier alpha value is -7.69. The van der Waals surface area contributed by atoms with E-state index in [4.69, 9.17) is 28.9 Å². The topological polar surface area (TPSA) is 326 Å². The normalized spacial score (nSPS) is 20.8. The first-order chi connectivity index (χ1) is 41.5. The third kappa shape index (κ3) is 14.8. The van der Waals surface area contributed by atoms with E-state index in [2.05, 4.69) is 35.6 Å². The molecule has 6 fully saturated rings. The summed E-state index contributed by atoms with van der Waals surface area (Å²) in [6.07, 6.45) is 14.7. The highest BCUT2D eigenvalue weighted by Crippen LogP contribution is 2.37. The van der Waals surface area contributed by atoms with Crippen LogP contribution < -0.4 is 30.2 Å². The van der Waals surface area contributed by atoms with Gasteiger partial charge < -0.3 is 39.6 Å². The molecule has 2 aliphatic carbocycles. The first kappa shape index (κ1) is 63.8. The van der Waals surface area contributed by atoms with E-state index in [1.165, 1.54) is 52.6 Å². The second-order valence-corrected chi connectivity index (χ2v) is 26.4. The number of hydrogen-bond donors (Lipinski definition) is 3. The number of aryl methyl sites for hydroxylation is 4. The van der Waals surface area contributed by atoms with Crippen molar-refractivity contribution in [2.24, 2.45) is 21.8 Å². The van der Waals surface area contributed by atoms with Crippen molar-refractivity contribution >= 4 is 79.7 Å². The van der Waals surface area contributed by atoms with Gasteiger partial charge in [-0.25, -0.2) is 36.1 Å². The number of amidine groups is 2. The van der Waals surface area contributed by atoms with E-state index in [0.717, 1.165) is 79.1 Å². The molecule has 3 aromatic rings. The molecule has 2 saturated carbocycles. The Morgan fingerprint density at radius 3 is 1.38 bits per heavy atom. The summed E-state index contributed by atoms with van der Waals surface area (Å²) in [6.45, 7) is 9.57. The first-order valence-corrected chi connectivity index (χ1v) is 32.4. The molecule has 8 aliphatic rings. The molecule has 2 aromatic carbocycles. The highest BCUT2D eigenvalue weighted by Gasteiger charge is 2.50. The zero-order valence-corrected chi connectivity index (χ0v) is 51.5. The molecule has 5 amide bonds. The number of ether oxygens (including phenoxy) is 5. The van der Waals surface area contributed by atoms with Gasteiger partial charge >= 0.3 is 36.2 Å². The van der Waals surface area contributed by atoms with Gasteiger partial charge in [-0.3, -0.25) is 24.4 Å². The molecule has 6 aliphatic heterocycles. The largest absolute Gasteiger partial charge is 0.467 e. The van der Waals surface area contributed by atoms with Crippen LogP contribution in [-0.2, 0) is 39.1 Å². The number of alkyl carbamates (subject to hydrolysis) is 1. The number of sulfonamides is 2. The standard InChI is InChI=1S/C29H36N6O7S.C27H34N4O6S.C3H5NO2/c1-18-16-21(24(36)42-28-32-26(40-3)31-27(33-28)41-4)17-19(2)22(18)10-15-43(38,39)35-13-11-29(12-14-35)25(37)30-23(34-29)20-8-6-5-7-9-20;1-18-16-21(24(32)31-13-14-37-26(31)34)17-19(2)22(18)8-15-38(35,36)30-11-9-27(10-12-30)25(33)28-23(29-27)20-6-4-3-5-7-20;5-3-4-1-2-6-3/h10,15-17,20H,5-9,11-14H2,1-4H3,(H,30,34,37);8,15-17,20H,3-7,9-14H2,1-2H3,(H,28,29,33);1-2H2,(H,4,5)/b15-10+;15-8+;. The van der Waals surface area contributed by atoms with Crippen LogP contribution in [0.1, 0.15) is 144 Å². The number of esters is 1. The molecule has 468 valence electrons. The van der Waals surface area contributed by atoms with Gasteiger partial charge in [0.25, 0.3) is 17.7 Å². The summed E-state index contributed by atoms with van der Waals surface area (Å²) in [5.41, 5.74) is 2.99. The van der Waals surface area contributed by atoms with E-state index >= 15 is 0 Å². The summed E-state index contributed by atoms with van der Waals surface area (Å²) in [6, 6.07) is 6.07. The Bertz CT molecular complexity index is 3450. The minimum absolute atomic E-state index is 0.0731. The third-order valence-electron chi connectivity index (χ3n) is 17.0. The summed E-state index contributed by atoms with van der Waals surface area (Å²) in [7, 11) is -4.77. The lowest BCUT2D eigenvalue weighted by atomic mass is 9.88. The second-order valence-electron chi connectivity index (χ2n) is 22.8. The van der Waals surface area contributed by atoms with Gasteiger partial charge in [0.2, 0.25) is 20.0 Å². The maximum absolute atomic E-state index is 13.3. The molecule has 4 saturated heterocycles. The van der Waals surface area contributed by atoms with Crippen LogP contribution in [0.15, 0.2) is 45.1 Å². The lowest BCUT2D eigenvalue weighted by Crippen LogP contribution is -2.50. The molecule has 0 radical (unpaired) electrons. The molecular formula is C59H75N11O15S2. The zero-order chi connectivity index (χ0) is 62.3. The fraction of sp³-hybridized carbons (Fsp3) is 0.542. The van der Waals surface area contributed by atoms with Crippen LogP contribution in [0.2, 0.25) is 0 Å². The Kier molecular flexibility index (Phi) is 19.9. The molecule has 0 unspecified atom stereocenters. The monoisotopic (exact) mass is 1240 g/mol. The molecule has 26 nitrogen and oxygen atoms in total. The third-order valence-corrected chi connectivity index (χ3v) is 20.1. The summed E-state index contributed by atoms with van der Waals surface area (Å²) in [5.74, 6) is 0.804. The fourth-order valence-corrected chi connectivity index (χ4v) is 14.4. The smallest absolute Gasteiger partial charge is 0.416 e. The van der Waals surface area contributed by atoms with Gasteiger partial charge in [-0.15, -0.1) is 15.0 Å². The van der Waals surface area contributed by atoms with Gasteiger partial charge in [0, 0.05) is 54.4 Å². The van der Waals surface area contributed by atoms with Gasteiger partial charge in [-0.05, 0) is 149 Å². The van der Waals surface area contributed by atoms with E-state index in [1.54, 1.807) is 58.0 Å². The van der Waals surface area contributed by atoms with E-state index in [0.29, 0.717) is 72.6 Å². The van der Waals surface area contributed by atoms with Crippen molar-refractivity contribution in [3.8, 4) is 18.0 Å². The maximum Gasteiger partial charge on any atom is 0.416 e.